The van der Waals surface area contributed by atoms with Crippen molar-refractivity contribution in [3.63, 3.8) is 0 Å². The Hall–Kier alpha value is -1.26. The molecule has 4 nitrogen and oxygen atoms in total. The minimum absolute atomic E-state index is 0.205. The van der Waals surface area contributed by atoms with Gasteiger partial charge in [-0.15, -0.1) is 0 Å². The van der Waals surface area contributed by atoms with Crippen molar-refractivity contribution in [3.8, 4) is 0 Å². The number of halogens is 1. The quantitative estimate of drug-likeness (QED) is 0.849. The van der Waals surface area contributed by atoms with E-state index in [2.05, 4.69) is 5.32 Å². The first-order valence-corrected chi connectivity index (χ1v) is 6.59. The third-order valence-corrected chi connectivity index (χ3v) is 3.92. The number of rotatable bonds is 1. The second kappa shape index (κ2) is 4.78. The molecule has 0 atom stereocenters. The van der Waals surface area contributed by atoms with Gasteiger partial charge >= 0.3 is 6.09 Å². The van der Waals surface area contributed by atoms with Crippen LogP contribution in [0.2, 0.25) is 5.02 Å². The topological polar surface area (TPSA) is 41.6 Å². The van der Waals surface area contributed by atoms with E-state index >= 15 is 0 Å². The maximum Gasteiger partial charge on any atom is 0.414 e. The van der Waals surface area contributed by atoms with Crippen LogP contribution >= 0.6 is 11.6 Å². The van der Waals surface area contributed by atoms with E-state index in [1.807, 2.05) is 18.2 Å². The summed E-state index contributed by atoms with van der Waals surface area (Å²) in [7, 11) is 0. The lowest BCUT2D eigenvalue weighted by atomic mass is 10.0. The second-order valence-electron chi connectivity index (χ2n) is 4.64. The number of fused-ring (bicyclic) bond motifs is 1. The number of benzene rings is 1. The van der Waals surface area contributed by atoms with Crippen LogP contribution in [-0.4, -0.2) is 25.2 Å². The minimum Gasteiger partial charge on any atom is -0.444 e. The minimum atomic E-state index is -0.253. The van der Waals surface area contributed by atoms with E-state index in [9.17, 15) is 4.79 Å². The van der Waals surface area contributed by atoms with Crippen molar-refractivity contribution in [1.29, 1.82) is 0 Å². The van der Waals surface area contributed by atoms with Gasteiger partial charge in [0.05, 0.1) is 5.69 Å². The van der Waals surface area contributed by atoms with Crippen LogP contribution in [0, 0.1) is 0 Å². The highest BCUT2D eigenvalue weighted by Crippen LogP contribution is 2.35. The molecule has 1 amide bonds. The number of nitrogens with one attached hydrogen (secondary N) is 1. The number of hydrogen-bond donors (Lipinski definition) is 1. The summed E-state index contributed by atoms with van der Waals surface area (Å²) >= 11 is 6.16. The van der Waals surface area contributed by atoms with Gasteiger partial charge in [-0.3, -0.25) is 4.90 Å². The van der Waals surface area contributed by atoms with Crippen LogP contribution in [-0.2, 0) is 11.3 Å². The van der Waals surface area contributed by atoms with Crippen molar-refractivity contribution in [3.05, 3.63) is 28.8 Å². The average molecular weight is 267 g/mol. The van der Waals surface area contributed by atoms with Crippen molar-refractivity contribution in [2.45, 2.75) is 25.5 Å². The van der Waals surface area contributed by atoms with Crippen LogP contribution in [0.25, 0.3) is 0 Å². The van der Waals surface area contributed by atoms with Gasteiger partial charge in [0, 0.05) is 16.6 Å². The van der Waals surface area contributed by atoms with Crippen LogP contribution in [0.1, 0.15) is 18.4 Å². The molecule has 1 saturated heterocycles. The third kappa shape index (κ3) is 1.95. The molecule has 5 heteroatoms. The Morgan fingerprint density at radius 1 is 1.33 bits per heavy atom. The van der Waals surface area contributed by atoms with E-state index in [4.69, 9.17) is 16.3 Å². The Morgan fingerprint density at radius 3 is 2.89 bits per heavy atom. The molecule has 2 aliphatic heterocycles. The van der Waals surface area contributed by atoms with E-state index < -0.39 is 0 Å². The number of cyclic esters (lactones) is 1. The van der Waals surface area contributed by atoms with Gasteiger partial charge in [0.2, 0.25) is 0 Å². The lowest BCUT2D eigenvalue weighted by Gasteiger charge is -2.37. The fraction of sp³-hybridized carbons (Fsp3) is 0.462. The molecule has 1 aromatic carbocycles. The Morgan fingerprint density at radius 2 is 2.11 bits per heavy atom. The number of anilines is 1. The Labute approximate surface area is 111 Å². The number of ether oxygens (including phenoxy) is 1. The van der Waals surface area contributed by atoms with Crippen LogP contribution < -0.4 is 10.2 Å². The summed E-state index contributed by atoms with van der Waals surface area (Å²) < 4.78 is 5.23. The van der Waals surface area contributed by atoms with Gasteiger partial charge < -0.3 is 10.1 Å². The predicted octanol–water partition coefficient (Wildman–Crippen LogP) is 2.55. The molecule has 0 radical (unpaired) electrons. The molecule has 18 heavy (non-hydrogen) atoms. The molecule has 0 bridgehead atoms. The van der Waals surface area contributed by atoms with Crippen molar-refractivity contribution in [1.82, 2.24) is 5.32 Å². The number of piperidine rings is 1. The van der Waals surface area contributed by atoms with Crippen LogP contribution in [0.4, 0.5) is 10.5 Å². The van der Waals surface area contributed by atoms with Crippen molar-refractivity contribution in [2.75, 3.05) is 18.0 Å². The molecule has 0 aromatic heterocycles. The maximum atomic E-state index is 12.0. The zero-order valence-corrected chi connectivity index (χ0v) is 10.7. The van der Waals surface area contributed by atoms with E-state index in [0.717, 1.165) is 37.2 Å². The fourth-order valence-corrected chi connectivity index (χ4v) is 2.85. The van der Waals surface area contributed by atoms with Crippen molar-refractivity contribution in [2.24, 2.45) is 0 Å². The lowest BCUT2D eigenvalue weighted by Crippen LogP contribution is -2.48. The lowest BCUT2D eigenvalue weighted by molar-refractivity contribution is 0.137. The molecule has 1 N–H and O–H groups in total. The Balaban J connectivity index is 1.98. The first-order chi connectivity index (χ1) is 8.77. The Kier molecular flexibility index (Phi) is 3.14. The highest BCUT2D eigenvalue weighted by molar-refractivity contribution is 6.32. The van der Waals surface area contributed by atoms with E-state index in [1.54, 1.807) is 4.90 Å². The fourth-order valence-electron chi connectivity index (χ4n) is 2.63. The normalized spacial score (nSPS) is 20.5. The second-order valence-corrected chi connectivity index (χ2v) is 5.05. The number of amides is 1. The Bertz CT molecular complexity index is 472. The number of carbonyl (C=O) groups is 1. The summed E-state index contributed by atoms with van der Waals surface area (Å²) in [5.74, 6) is 0. The molecule has 0 unspecified atom stereocenters. The molecular weight excluding hydrogens is 252 g/mol. The first-order valence-electron chi connectivity index (χ1n) is 6.21. The zero-order valence-electron chi connectivity index (χ0n) is 9.99. The van der Waals surface area contributed by atoms with Gasteiger partial charge in [-0.2, -0.15) is 0 Å². The zero-order chi connectivity index (χ0) is 12.5. The van der Waals surface area contributed by atoms with Crippen molar-refractivity contribution >= 4 is 23.4 Å². The standard InChI is InChI=1S/C13H15ClN2O2/c14-11-2-1-3-12-10(11)8-18-13(17)16(12)9-4-6-15-7-5-9/h1-3,9,15H,4-8H2. The molecular formula is C13H15ClN2O2. The van der Waals surface area contributed by atoms with E-state index in [0.29, 0.717) is 5.02 Å². The summed E-state index contributed by atoms with van der Waals surface area (Å²) in [6.45, 7) is 2.14. The largest absolute Gasteiger partial charge is 0.444 e. The summed E-state index contributed by atoms with van der Waals surface area (Å²) in [6.07, 6.45) is 1.64. The summed E-state index contributed by atoms with van der Waals surface area (Å²) in [4.78, 5) is 13.8. The average Bonchev–Trinajstić information content (AvgIpc) is 2.40. The monoisotopic (exact) mass is 266 g/mol. The number of carbonyl (C=O) groups excluding carboxylic acids is 1. The highest BCUT2D eigenvalue weighted by Gasteiger charge is 2.33. The van der Waals surface area contributed by atoms with Crippen LogP contribution in [0.15, 0.2) is 18.2 Å². The summed E-state index contributed by atoms with van der Waals surface area (Å²) in [5.41, 5.74) is 1.82. The first kappa shape index (κ1) is 11.8. The van der Waals surface area contributed by atoms with E-state index in [-0.39, 0.29) is 18.7 Å². The third-order valence-electron chi connectivity index (χ3n) is 3.56. The molecule has 0 spiro atoms. The summed E-state index contributed by atoms with van der Waals surface area (Å²) in [5, 5.41) is 3.96. The number of nitrogens with zero attached hydrogens (tertiary/aromatic N) is 1. The molecule has 1 fully saturated rings. The molecule has 96 valence electrons. The van der Waals surface area contributed by atoms with E-state index in [1.165, 1.54) is 0 Å². The van der Waals surface area contributed by atoms with Gasteiger partial charge in [0.15, 0.2) is 0 Å². The highest BCUT2D eigenvalue weighted by atomic mass is 35.5. The predicted molar refractivity (Wildman–Crippen MR) is 70.0 cm³/mol. The van der Waals surface area contributed by atoms with Gasteiger partial charge in [0.25, 0.3) is 0 Å². The van der Waals surface area contributed by atoms with Gasteiger partial charge in [-0.25, -0.2) is 4.79 Å². The summed E-state index contributed by atoms with van der Waals surface area (Å²) in [6, 6.07) is 5.87. The van der Waals surface area contributed by atoms with Gasteiger partial charge in [-0.1, -0.05) is 17.7 Å². The molecule has 2 aliphatic rings. The SMILES string of the molecule is O=C1OCc2c(Cl)cccc2N1C1CCNCC1. The molecule has 3 rings (SSSR count). The number of hydrogen-bond acceptors (Lipinski definition) is 3. The van der Waals surface area contributed by atoms with Crippen LogP contribution in [0.3, 0.4) is 0 Å². The van der Waals surface area contributed by atoms with Gasteiger partial charge in [-0.05, 0) is 38.1 Å². The maximum absolute atomic E-state index is 12.0. The molecule has 2 heterocycles. The molecule has 0 saturated carbocycles. The smallest absolute Gasteiger partial charge is 0.414 e. The molecule has 1 aromatic rings. The van der Waals surface area contributed by atoms with Gasteiger partial charge in [0.1, 0.15) is 6.61 Å². The van der Waals surface area contributed by atoms with Crippen molar-refractivity contribution < 1.29 is 9.53 Å². The molecule has 0 aliphatic carbocycles. The van der Waals surface area contributed by atoms with Crippen LogP contribution in [0.5, 0.6) is 0 Å².